The summed E-state index contributed by atoms with van der Waals surface area (Å²) in [7, 11) is 1.47. The first-order valence-electron chi connectivity index (χ1n) is 4.41. The van der Waals surface area contributed by atoms with Crippen molar-refractivity contribution < 1.29 is 9.53 Å². The maximum Gasteiger partial charge on any atom is 0.250 e. The number of rotatable bonds is 5. The molecule has 0 saturated carbocycles. The van der Waals surface area contributed by atoms with Crippen LogP contribution in [0.4, 0.5) is 0 Å². The topological polar surface area (TPSA) is 64.3 Å². The Morgan fingerprint density at radius 3 is 3.00 bits per heavy atom. The third kappa shape index (κ3) is 3.90. The molecule has 15 heavy (non-hydrogen) atoms. The van der Waals surface area contributed by atoms with Gasteiger partial charge in [0.1, 0.15) is 6.10 Å². The van der Waals surface area contributed by atoms with Crippen LogP contribution in [0.15, 0.2) is 15.9 Å². The summed E-state index contributed by atoms with van der Waals surface area (Å²) in [4.78, 5) is 12.5. The van der Waals surface area contributed by atoms with Gasteiger partial charge in [-0.15, -0.1) is 11.3 Å². The Hall–Kier alpha value is -0.430. The van der Waals surface area contributed by atoms with E-state index in [0.717, 1.165) is 9.35 Å². The maximum absolute atomic E-state index is 11.5. The highest BCUT2D eigenvalue weighted by Crippen LogP contribution is 2.19. The van der Waals surface area contributed by atoms with E-state index in [0.29, 0.717) is 6.54 Å². The van der Waals surface area contributed by atoms with E-state index < -0.39 is 6.10 Å². The molecule has 6 heteroatoms. The van der Waals surface area contributed by atoms with Crippen molar-refractivity contribution >= 4 is 33.2 Å². The Bertz CT molecular complexity index is 326. The zero-order valence-electron chi connectivity index (χ0n) is 8.33. The highest BCUT2D eigenvalue weighted by atomic mass is 79.9. The van der Waals surface area contributed by atoms with Crippen molar-refractivity contribution in [3.8, 4) is 0 Å². The number of carbonyl (C=O) groups excluding carboxylic acids is 1. The minimum atomic E-state index is -0.562. The maximum atomic E-state index is 11.5. The highest BCUT2D eigenvalue weighted by molar-refractivity contribution is 9.10. The van der Waals surface area contributed by atoms with Crippen LogP contribution in [-0.2, 0) is 16.1 Å². The van der Waals surface area contributed by atoms with Crippen molar-refractivity contribution in [2.45, 2.75) is 12.6 Å². The lowest BCUT2D eigenvalue weighted by Crippen LogP contribution is -2.40. The van der Waals surface area contributed by atoms with Gasteiger partial charge in [-0.3, -0.25) is 4.79 Å². The molecule has 1 rings (SSSR count). The molecule has 0 spiro atoms. The fraction of sp³-hybridized carbons (Fsp3) is 0.444. The first-order valence-corrected chi connectivity index (χ1v) is 6.08. The molecule has 1 amide bonds. The summed E-state index contributed by atoms with van der Waals surface area (Å²) in [6.07, 6.45) is -0.562. The van der Waals surface area contributed by atoms with Crippen LogP contribution in [-0.4, -0.2) is 25.7 Å². The van der Waals surface area contributed by atoms with Gasteiger partial charge in [0.05, 0.1) is 6.54 Å². The monoisotopic (exact) mass is 292 g/mol. The van der Waals surface area contributed by atoms with E-state index in [-0.39, 0.29) is 12.5 Å². The average molecular weight is 293 g/mol. The van der Waals surface area contributed by atoms with Crippen molar-refractivity contribution in [2.24, 2.45) is 5.73 Å². The second-order valence-corrected chi connectivity index (χ2v) is 4.82. The molecule has 0 aliphatic heterocycles. The van der Waals surface area contributed by atoms with Gasteiger partial charge in [-0.2, -0.15) is 0 Å². The highest BCUT2D eigenvalue weighted by Gasteiger charge is 2.14. The van der Waals surface area contributed by atoms with E-state index in [2.05, 4.69) is 21.2 Å². The zero-order valence-corrected chi connectivity index (χ0v) is 10.7. The normalized spacial score (nSPS) is 12.5. The molecule has 0 aromatic carbocycles. The van der Waals surface area contributed by atoms with Crippen molar-refractivity contribution in [3.05, 3.63) is 20.8 Å². The van der Waals surface area contributed by atoms with Crippen LogP contribution < -0.4 is 11.1 Å². The second-order valence-electron chi connectivity index (χ2n) is 2.91. The summed E-state index contributed by atoms with van der Waals surface area (Å²) in [5.41, 5.74) is 5.37. The standard InChI is InChI=1S/C9H13BrN2O2S/c1-14-8(3-11)9(13)12-4-7-2-6(10)5-15-7/h2,5,8H,3-4,11H2,1H3,(H,12,13). The smallest absolute Gasteiger partial charge is 0.250 e. The summed E-state index contributed by atoms with van der Waals surface area (Å²) < 4.78 is 5.94. The fourth-order valence-electron chi connectivity index (χ4n) is 1.04. The Morgan fingerprint density at radius 2 is 2.53 bits per heavy atom. The molecule has 1 unspecified atom stereocenters. The molecule has 1 heterocycles. The predicted molar refractivity (Wildman–Crippen MR) is 63.7 cm³/mol. The fourth-order valence-corrected chi connectivity index (χ4v) is 2.44. The molecular weight excluding hydrogens is 280 g/mol. The molecule has 4 nitrogen and oxygen atoms in total. The molecule has 0 radical (unpaired) electrons. The molecular formula is C9H13BrN2O2S. The van der Waals surface area contributed by atoms with Crippen LogP contribution in [0.1, 0.15) is 4.88 Å². The molecule has 0 fully saturated rings. The summed E-state index contributed by atoms with van der Waals surface area (Å²) in [6, 6.07) is 1.97. The minimum Gasteiger partial charge on any atom is -0.370 e. The van der Waals surface area contributed by atoms with Crippen LogP contribution in [0.3, 0.4) is 0 Å². The molecule has 84 valence electrons. The van der Waals surface area contributed by atoms with Gasteiger partial charge in [0.15, 0.2) is 0 Å². The SMILES string of the molecule is COC(CN)C(=O)NCc1cc(Br)cs1. The van der Waals surface area contributed by atoms with Crippen LogP contribution in [0.5, 0.6) is 0 Å². The van der Waals surface area contributed by atoms with Gasteiger partial charge in [-0.1, -0.05) is 0 Å². The van der Waals surface area contributed by atoms with Crippen molar-refractivity contribution in [2.75, 3.05) is 13.7 Å². The summed E-state index contributed by atoms with van der Waals surface area (Å²) >= 11 is 4.93. The van der Waals surface area contributed by atoms with Gasteiger partial charge in [0.2, 0.25) is 0 Å². The Balaban J connectivity index is 2.40. The predicted octanol–water partition coefficient (Wildman–Crippen LogP) is 1.10. The van der Waals surface area contributed by atoms with E-state index >= 15 is 0 Å². The molecule has 1 atom stereocenters. The van der Waals surface area contributed by atoms with Gasteiger partial charge in [-0.05, 0) is 22.0 Å². The van der Waals surface area contributed by atoms with Crippen LogP contribution >= 0.6 is 27.3 Å². The zero-order chi connectivity index (χ0) is 11.3. The third-order valence-corrected chi connectivity index (χ3v) is 3.55. The first kappa shape index (κ1) is 12.6. The third-order valence-electron chi connectivity index (χ3n) is 1.85. The summed E-state index contributed by atoms with van der Waals surface area (Å²) in [6.45, 7) is 0.700. The van der Waals surface area contributed by atoms with Crippen LogP contribution in [0, 0.1) is 0 Å². The lowest BCUT2D eigenvalue weighted by atomic mass is 10.3. The number of nitrogens with two attached hydrogens (primary N) is 1. The van der Waals surface area contributed by atoms with E-state index in [9.17, 15) is 4.79 Å². The quantitative estimate of drug-likeness (QED) is 0.854. The first-order chi connectivity index (χ1) is 7.17. The van der Waals surface area contributed by atoms with Gasteiger partial charge in [0, 0.05) is 28.4 Å². The van der Waals surface area contributed by atoms with E-state index in [1.165, 1.54) is 7.11 Å². The number of amides is 1. The van der Waals surface area contributed by atoms with Crippen molar-refractivity contribution in [3.63, 3.8) is 0 Å². The van der Waals surface area contributed by atoms with E-state index in [1.807, 2.05) is 11.4 Å². The average Bonchev–Trinajstić information content (AvgIpc) is 2.63. The molecule has 0 aliphatic carbocycles. The van der Waals surface area contributed by atoms with E-state index in [4.69, 9.17) is 10.5 Å². The molecule has 0 saturated heterocycles. The Labute approximate surface area is 101 Å². The van der Waals surface area contributed by atoms with Crippen LogP contribution in [0.2, 0.25) is 0 Å². The van der Waals surface area contributed by atoms with Gasteiger partial charge in [0.25, 0.3) is 5.91 Å². The summed E-state index contributed by atoms with van der Waals surface area (Å²) in [5, 5.41) is 4.73. The number of ether oxygens (including phenoxy) is 1. The summed E-state index contributed by atoms with van der Waals surface area (Å²) in [5.74, 6) is -0.176. The van der Waals surface area contributed by atoms with Gasteiger partial charge >= 0.3 is 0 Å². The Morgan fingerprint density at radius 1 is 1.80 bits per heavy atom. The number of hydrogen-bond donors (Lipinski definition) is 2. The van der Waals surface area contributed by atoms with Crippen molar-refractivity contribution in [1.82, 2.24) is 5.32 Å². The van der Waals surface area contributed by atoms with E-state index in [1.54, 1.807) is 11.3 Å². The second kappa shape index (κ2) is 6.22. The molecule has 1 aromatic heterocycles. The molecule has 0 aliphatic rings. The Kier molecular flexibility index (Phi) is 5.24. The molecule has 3 N–H and O–H groups in total. The number of halogens is 1. The van der Waals surface area contributed by atoms with Gasteiger partial charge in [-0.25, -0.2) is 0 Å². The lowest BCUT2D eigenvalue weighted by Gasteiger charge is -2.12. The largest absolute Gasteiger partial charge is 0.370 e. The number of thiophene rings is 1. The minimum absolute atomic E-state index is 0.176. The van der Waals surface area contributed by atoms with Crippen molar-refractivity contribution in [1.29, 1.82) is 0 Å². The molecule has 0 bridgehead atoms. The number of methoxy groups -OCH3 is 1. The number of hydrogen-bond acceptors (Lipinski definition) is 4. The number of nitrogens with one attached hydrogen (secondary N) is 1. The van der Waals surface area contributed by atoms with Crippen LogP contribution in [0.25, 0.3) is 0 Å². The number of carbonyl (C=O) groups is 1. The van der Waals surface area contributed by atoms with Gasteiger partial charge < -0.3 is 15.8 Å². The lowest BCUT2D eigenvalue weighted by molar-refractivity contribution is -0.130. The molecule has 1 aromatic rings.